The van der Waals surface area contributed by atoms with Crippen LogP contribution in [0.25, 0.3) is 0 Å². The van der Waals surface area contributed by atoms with Crippen molar-refractivity contribution < 1.29 is 0 Å². The van der Waals surface area contributed by atoms with Gasteiger partial charge in [0, 0.05) is 0 Å². The summed E-state index contributed by atoms with van der Waals surface area (Å²) < 4.78 is 0. The van der Waals surface area contributed by atoms with Gasteiger partial charge in [-0.15, -0.1) is 0 Å². The Hall–Kier alpha value is 0. The zero-order chi connectivity index (χ0) is 7.52. The van der Waals surface area contributed by atoms with Crippen molar-refractivity contribution in [1.82, 2.24) is 0 Å². The molecule has 0 bridgehead atoms. The zero-order valence-electron chi connectivity index (χ0n) is 7.44. The molecule has 0 spiro atoms. The minimum Gasteiger partial charge on any atom is -0.0533 e. The Labute approximate surface area is 70.4 Å². The fourth-order valence-electron chi connectivity index (χ4n) is 2.36. The van der Waals surface area contributed by atoms with Gasteiger partial charge >= 0.3 is 0 Å². The van der Waals surface area contributed by atoms with E-state index in [4.69, 9.17) is 0 Å². The first-order chi connectivity index (χ1) is 5.45. The van der Waals surface area contributed by atoms with Crippen LogP contribution in [0.3, 0.4) is 0 Å². The quantitative estimate of drug-likeness (QED) is 0.564. The lowest BCUT2D eigenvalue weighted by Crippen LogP contribution is -2.16. The lowest BCUT2D eigenvalue weighted by atomic mass is 9.75. The van der Waals surface area contributed by atoms with E-state index in [9.17, 15) is 0 Å². The van der Waals surface area contributed by atoms with Crippen molar-refractivity contribution >= 4 is 0 Å². The number of hydrogen-bond acceptors (Lipinski definition) is 0. The molecule has 0 unspecified atom stereocenters. The van der Waals surface area contributed by atoms with Crippen LogP contribution < -0.4 is 0 Å². The fraction of sp³-hybridized carbons (Fsp3) is 0.909. The van der Waals surface area contributed by atoms with Gasteiger partial charge in [-0.25, -0.2) is 0 Å². The van der Waals surface area contributed by atoms with Crippen molar-refractivity contribution in [3.63, 3.8) is 0 Å². The average molecular weight is 151 g/mol. The van der Waals surface area contributed by atoms with Gasteiger partial charge in [-0.1, -0.05) is 38.5 Å². The largest absolute Gasteiger partial charge is 0.0533 e. The molecule has 63 valence electrons. The van der Waals surface area contributed by atoms with Crippen molar-refractivity contribution in [2.45, 2.75) is 57.8 Å². The van der Waals surface area contributed by atoms with Gasteiger partial charge in [-0.2, -0.15) is 0 Å². The maximum atomic E-state index is 1.90. The molecule has 0 saturated heterocycles. The van der Waals surface area contributed by atoms with Crippen molar-refractivity contribution in [3.05, 3.63) is 5.92 Å². The molecule has 2 rings (SSSR count). The average Bonchev–Trinajstić information content (AvgIpc) is 1.99. The Morgan fingerprint density at radius 1 is 0.909 bits per heavy atom. The summed E-state index contributed by atoms with van der Waals surface area (Å²) >= 11 is 0. The summed E-state index contributed by atoms with van der Waals surface area (Å²) in [6.45, 7) is 0. The smallest absolute Gasteiger partial charge is 0.0238 e. The third-order valence-electron chi connectivity index (χ3n) is 3.36. The van der Waals surface area contributed by atoms with Crippen LogP contribution in [-0.2, 0) is 0 Å². The molecule has 0 aromatic heterocycles. The molecule has 0 aliphatic heterocycles. The molecule has 11 heavy (non-hydrogen) atoms. The van der Waals surface area contributed by atoms with Crippen LogP contribution in [-0.4, -0.2) is 0 Å². The molecule has 2 aliphatic carbocycles. The standard InChI is InChI=1S/C11H19/c1-2-5-10(6-3-1)9-11-7-4-8-11/h11H,1-9H2. The molecule has 0 N–H and O–H groups in total. The van der Waals surface area contributed by atoms with E-state index in [1.807, 2.05) is 5.92 Å². The predicted molar refractivity (Wildman–Crippen MR) is 48.3 cm³/mol. The molecule has 0 heterocycles. The molecular weight excluding hydrogens is 132 g/mol. The van der Waals surface area contributed by atoms with Gasteiger partial charge in [0.25, 0.3) is 0 Å². The van der Waals surface area contributed by atoms with Crippen LogP contribution in [0.1, 0.15) is 57.8 Å². The van der Waals surface area contributed by atoms with E-state index in [2.05, 4.69) is 0 Å². The van der Waals surface area contributed by atoms with Crippen LogP contribution in [0.15, 0.2) is 0 Å². The van der Waals surface area contributed by atoms with E-state index in [1.54, 1.807) is 0 Å². The van der Waals surface area contributed by atoms with E-state index >= 15 is 0 Å². The van der Waals surface area contributed by atoms with Crippen LogP contribution in [0.5, 0.6) is 0 Å². The monoisotopic (exact) mass is 151 g/mol. The van der Waals surface area contributed by atoms with Crippen LogP contribution in [0, 0.1) is 11.8 Å². The second-order valence-electron chi connectivity index (χ2n) is 4.31. The van der Waals surface area contributed by atoms with Gasteiger partial charge in [0.15, 0.2) is 0 Å². The summed E-state index contributed by atoms with van der Waals surface area (Å²) in [6.07, 6.45) is 13.5. The Bertz CT molecular complexity index is 107. The maximum absolute atomic E-state index is 1.90. The molecule has 2 saturated carbocycles. The molecule has 2 aliphatic rings. The molecule has 0 atom stereocenters. The van der Waals surface area contributed by atoms with Crippen LogP contribution in [0.2, 0.25) is 0 Å². The minimum absolute atomic E-state index is 1.11. The maximum Gasteiger partial charge on any atom is -0.0238 e. The predicted octanol–water partition coefficient (Wildman–Crippen LogP) is 3.72. The van der Waals surface area contributed by atoms with Crippen molar-refractivity contribution in [2.24, 2.45) is 5.92 Å². The summed E-state index contributed by atoms with van der Waals surface area (Å²) in [7, 11) is 0. The Balaban J connectivity index is 1.67. The van der Waals surface area contributed by atoms with Crippen molar-refractivity contribution in [1.29, 1.82) is 0 Å². The van der Waals surface area contributed by atoms with Gasteiger partial charge in [0.1, 0.15) is 0 Å². The lowest BCUT2D eigenvalue weighted by Gasteiger charge is -2.31. The number of hydrogen-bond donors (Lipinski definition) is 0. The molecular formula is C11H19. The van der Waals surface area contributed by atoms with Crippen LogP contribution >= 0.6 is 0 Å². The molecule has 0 amide bonds. The molecule has 0 aromatic rings. The van der Waals surface area contributed by atoms with E-state index in [-0.39, 0.29) is 0 Å². The highest BCUT2D eigenvalue weighted by Gasteiger charge is 2.23. The second kappa shape index (κ2) is 3.60. The van der Waals surface area contributed by atoms with E-state index in [1.165, 1.54) is 57.8 Å². The summed E-state index contributed by atoms with van der Waals surface area (Å²) in [5, 5.41) is 0. The van der Waals surface area contributed by atoms with Crippen LogP contribution in [0.4, 0.5) is 0 Å². The highest BCUT2D eigenvalue weighted by atomic mass is 14.3. The van der Waals surface area contributed by atoms with Gasteiger partial charge in [0.05, 0.1) is 0 Å². The highest BCUT2D eigenvalue weighted by Crippen LogP contribution is 2.38. The fourth-order valence-corrected chi connectivity index (χ4v) is 2.36. The Morgan fingerprint density at radius 2 is 1.64 bits per heavy atom. The molecule has 0 nitrogen and oxygen atoms in total. The summed E-state index contributed by atoms with van der Waals surface area (Å²) in [6, 6.07) is 0. The molecule has 2 fully saturated rings. The Kier molecular flexibility index (Phi) is 2.50. The first kappa shape index (κ1) is 7.64. The van der Waals surface area contributed by atoms with Gasteiger partial charge < -0.3 is 0 Å². The third kappa shape index (κ3) is 1.98. The first-order valence-corrected chi connectivity index (χ1v) is 5.29. The minimum atomic E-state index is 1.11. The van der Waals surface area contributed by atoms with Gasteiger partial charge in [-0.3, -0.25) is 0 Å². The lowest BCUT2D eigenvalue weighted by molar-refractivity contribution is 0.286. The highest BCUT2D eigenvalue weighted by molar-refractivity contribution is 4.95. The summed E-state index contributed by atoms with van der Waals surface area (Å²) in [5.74, 6) is 3.02. The van der Waals surface area contributed by atoms with E-state index in [0.717, 1.165) is 5.92 Å². The zero-order valence-corrected chi connectivity index (χ0v) is 7.44. The van der Waals surface area contributed by atoms with E-state index in [0.29, 0.717) is 0 Å². The molecule has 1 radical (unpaired) electrons. The van der Waals surface area contributed by atoms with Crippen molar-refractivity contribution in [3.8, 4) is 0 Å². The summed E-state index contributed by atoms with van der Waals surface area (Å²) in [4.78, 5) is 0. The number of rotatable bonds is 2. The third-order valence-corrected chi connectivity index (χ3v) is 3.36. The molecule has 0 heteroatoms. The van der Waals surface area contributed by atoms with Gasteiger partial charge in [0.2, 0.25) is 0 Å². The second-order valence-corrected chi connectivity index (χ2v) is 4.31. The summed E-state index contributed by atoms with van der Waals surface area (Å²) in [5.41, 5.74) is 0. The van der Waals surface area contributed by atoms with Crippen molar-refractivity contribution in [2.75, 3.05) is 0 Å². The topological polar surface area (TPSA) is 0 Å². The normalized spacial score (nSPS) is 28.4. The Morgan fingerprint density at radius 3 is 2.18 bits per heavy atom. The van der Waals surface area contributed by atoms with E-state index < -0.39 is 0 Å². The van der Waals surface area contributed by atoms with Gasteiger partial charge in [-0.05, 0) is 31.1 Å². The first-order valence-electron chi connectivity index (χ1n) is 5.29. The SMILES string of the molecule is C1CC[C](CC2CCC2)CC1. The molecule has 0 aromatic carbocycles.